The molecule has 0 spiro atoms. The Bertz CT molecular complexity index is 889. The molecule has 154 valence electrons. The second-order valence-corrected chi connectivity index (χ2v) is 7.75. The minimum Gasteiger partial charge on any atom is -0.444 e. The van der Waals surface area contributed by atoms with Gasteiger partial charge in [0.1, 0.15) is 5.60 Å². The first-order chi connectivity index (χ1) is 13.6. The maximum absolute atomic E-state index is 13.0. The Hall–Kier alpha value is -3.35. The van der Waals surface area contributed by atoms with Crippen molar-refractivity contribution in [2.75, 3.05) is 11.9 Å². The van der Waals surface area contributed by atoms with Crippen molar-refractivity contribution in [3.8, 4) is 0 Å². The van der Waals surface area contributed by atoms with Gasteiger partial charge < -0.3 is 21.1 Å². The van der Waals surface area contributed by atoms with E-state index >= 15 is 0 Å². The lowest BCUT2D eigenvalue weighted by molar-refractivity contribution is -0.117. The highest BCUT2D eigenvalue weighted by molar-refractivity contribution is 6.04. The molecule has 29 heavy (non-hydrogen) atoms. The second kappa shape index (κ2) is 9.23. The number of carbonyl (C=O) groups excluding carboxylic acids is 3. The van der Waals surface area contributed by atoms with E-state index in [4.69, 9.17) is 10.5 Å². The van der Waals surface area contributed by atoms with Gasteiger partial charge in [-0.1, -0.05) is 42.0 Å². The number of amides is 3. The van der Waals surface area contributed by atoms with Gasteiger partial charge in [0.2, 0.25) is 5.91 Å². The second-order valence-electron chi connectivity index (χ2n) is 7.75. The Balaban J connectivity index is 2.22. The van der Waals surface area contributed by atoms with Crippen molar-refractivity contribution >= 4 is 23.6 Å². The maximum atomic E-state index is 13.0. The number of primary amides is 1. The van der Waals surface area contributed by atoms with Gasteiger partial charge in [0.05, 0.1) is 17.2 Å². The summed E-state index contributed by atoms with van der Waals surface area (Å²) in [7, 11) is 0. The smallest absolute Gasteiger partial charge is 0.407 e. The largest absolute Gasteiger partial charge is 0.444 e. The minimum atomic E-state index is -0.689. The fourth-order valence-corrected chi connectivity index (χ4v) is 2.74. The van der Waals surface area contributed by atoms with Crippen LogP contribution in [0.3, 0.4) is 0 Å². The SMILES string of the molecule is Cc1ccc(NC(=O)C(CNC(=O)OC(C)(C)C)c2ccccc2)c(C(N)=O)c1. The van der Waals surface area contributed by atoms with Gasteiger partial charge in [0.15, 0.2) is 0 Å². The molecule has 0 radical (unpaired) electrons. The third-order valence-corrected chi connectivity index (χ3v) is 4.07. The van der Waals surface area contributed by atoms with Gasteiger partial charge in [0.25, 0.3) is 5.91 Å². The Labute approximate surface area is 170 Å². The molecule has 7 nitrogen and oxygen atoms in total. The summed E-state index contributed by atoms with van der Waals surface area (Å²) >= 11 is 0. The van der Waals surface area contributed by atoms with Gasteiger partial charge in [-0.05, 0) is 45.4 Å². The summed E-state index contributed by atoms with van der Waals surface area (Å²) in [6.45, 7) is 7.14. The third-order valence-electron chi connectivity index (χ3n) is 4.07. The van der Waals surface area contributed by atoms with E-state index in [9.17, 15) is 14.4 Å². The zero-order valence-electron chi connectivity index (χ0n) is 17.1. The first-order valence-electron chi connectivity index (χ1n) is 9.30. The highest BCUT2D eigenvalue weighted by Crippen LogP contribution is 2.21. The molecule has 0 fully saturated rings. The van der Waals surface area contributed by atoms with Crippen molar-refractivity contribution in [2.24, 2.45) is 5.73 Å². The Morgan fingerprint density at radius 2 is 1.72 bits per heavy atom. The minimum absolute atomic E-state index is 0.0303. The molecular weight excluding hydrogens is 370 g/mol. The number of hydrogen-bond acceptors (Lipinski definition) is 4. The van der Waals surface area contributed by atoms with E-state index in [-0.39, 0.29) is 18.0 Å². The molecule has 0 saturated heterocycles. The molecule has 0 bridgehead atoms. The highest BCUT2D eigenvalue weighted by Gasteiger charge is 2.24. The Morgan fingerprint density at radius 3 is 2.31 bits per heavy atom. The Kier molecular flexibility index (Phi) is 6.98. The van der Waals surface area contributed by atoms with E-state index in [1.54, 1.807) is 51.1 Å². The lowest BCUT2D eigenvalue weighted by Gasteiger charge is -2.22. The van der Waals surface area contributed by atoms with Crippen LogP contribution < -0.4 is 16.4 Å². The van der Waals surface area contributed by atoms with Gasteiger partial charge in [-0.2, -0.15) is 0 Å². The van der Waals surface area contributed by atoms with Crippen LogP contribution in [0.15, 0.2) is 48.5 Å². The summed E-state index contributed by atoms with van der Waals surface area (Å²) in [5.74, 6) is -1.70. The molecule has 4 N–H and O–H groups in total. The number of alkyl carbamates (subject to hydrolysis) is 1. The lowest BCUT2D eigenvalue weighted by atomic mass is 9.97. The number of carbonyl (C=O) groups is 3. The quantitative estimate of drug-likeness (QED) is 0.694. The fourth-order valence-electron chi connectivity index (χ4n) is 2.74. The van der Waals surface area contributed by atoms with Crippen LogP contribution in [-0.4, -0.2) is 30.1 Å². The number of anilines is 1. The summed E-state index contributed by atoms with van der Waals surface area (Å²) in [6.07, 6.45) is -0.612. The van der Waals surface area contributed by atoms with E-state index in [1.807, 2.05) is 25.1 Å². The van der Waals surface area contributed by atoms with Crippen LogP contribution in [0.25, 0.3) is 0 Å². The number of nitrogens with two attached hydrogens (primary N) is 1. The molecule has 0 aromatic heterocycles. The summed E-state index contributed by atoms with van der Waals surface area (Å²) in [6, 6.07) is 14.1. The summed E-state index contributed by atoms with van der Waals surface area (Å²) < 4.78 is 5.24. The molecule has 0 heterocycles. The van der Waals surface area contributed by atoms with Crippen molar-refractivity contribution in [2.45, 2.75) is 39.2 Å². The van der Waals surface area contributed by atoms with Gasteiger partial charge in [-0.25, -0.2) is 4.79 Å². The van der Waals surface area contributed by atoms with Crippen LogP contribution in [0.4, 0.5) is 10.5 Å². The van der Waals surface area contributed by atoms with E-state index in [1.165, 1.54) is 0 Å². The van der Waals surface area contributed by atoms with Crippen LogP contribution in [-0.2, 0) is 9.53 Å². The predicted molar refractivity (Wildman–Crippen MR) is 112 cm³/mol. The summed E-state index contributed by atoms with van der Waals surface area (Å²) in [4.78, 5) is 36.8. The van der Waals surface area contributed by atoms with E-state index in [0.717, 1.165) is 5.56 Å². The first-order valence-corrected chi connectivity index (χ1v) is 9.30. The molecule has 0 saturated carbocycles. The number of benzene rings is 2. The Morgan fingerprint density at radius 1 is 1.07 bits per heavy atom. The number of ether oxygens (including phenoxy) is 1. The molecular formula is C22H27N3O4. The molecule has 2 rings (SSSR count). The zero-order chi connectivity index (χ0) is 21.6. The molecule has 1 atom stereocenters. The molecule has 1 unspecified atom stereocenters. The van der Waals surface area contributed by atoms with Crippen LogP contribution in [0.2, 0.25) is 0 Å². The zero-order valence-corrected chi connectivity index (χ0v) is 17.1. The molecule has 2 aromatic rings. The van der Waals surface area contributed by atoms with E-state index < -0.39 is 23.5 Å². The van der Waals surface area contributed by atoms with Crippen molar-refractivity contribution < 1.29 is 19.1 Å². The van der Waals surface area contributed by atoms with Crippen LogP contribution in [0, 0.1) is 6.92 Å². The van der Waals surface area contributed by atoms with Crippen LogP contribution in [0.1, 0.15) is 48.2 Å². The van der Waals surface area contributed by atoms with Crippen molar-refractivity contribution in [1.29, 1.82) is 0 Å². The summed E-state index contributed by atoms with van der Waals surface area (Å²) in [5.41, 5.74) is 6.91. The van der Waals surface area contributed by atoms with Crippen LogP contribution in [0.5, 0.6) is 0 Å². The number of nitrogens with one attached hydrogen (secondary N) is 2. The molecule has 0 aliphatic heterocycles. The lowest BCUT2D eigenvalue weighted by Crippen LogP contribution is -2.37. The standard InChI is InChI=1S/C22H27N3O4/c1-14-10-11-18(16(12-14)19(23)26)25-20(27)17(15-8-6-5-7-9-15)13-24-21(28)29-22(2,3)4/h5-12,17H,13H2,1-4H3,(H2,23,26)(H,24,28)(H,25,27). The van der Waals surface area contributed by atoms with Crippen LogP contribution >= 0.6 is 0 Å². The first kappa shape index (κ1) is 21.9. The number of aryl methyl sites for hydroxylation is 1. The average molecular weight is 397 g/mol. The molecule has 0 aliphatic rings. The predicted octanol–water partition coefficient (Wildman–Crippen LogP) is 3.34. The molecule has 3 amide bonds. The number of rotatable bonds is 6. The van der Waals surface area contributed by atoms with Gasteiger partial charge in [0, 0.05) is 6.54 Å². The van der Waals surface area contributed by atoms with Crippen molar-refractivity contribution in [3.63, 3.8) is 0 Å². The topological polar surface area (TPSA) is 111 Å². The maximum Gasteiger partial charge on any atom is 0.407 e. The van der Waals surface area contributed by atoms with E-state index in [0.29, 0.717) is 11.3 Å². The molecule has 2 aromatic carbocycles. The van der Waals surface area contributed by atoms with Gasteiger partial charge >= 0.3 is 6.09 Å². The van der Waals surface area contributed by atoms with Crippen molar-refractivity contribution in [3.05, 3.63) is 65.2 Å². The summed E-state index contributed by atoms with van der Waals surface area (Å²) in [5, 5.41) is 5.40. The average Bonchev–Trinajstić information content (AvgIpc) is 2.62. The van der Waals surface area contributed by atoms with Gasteiger partial charge in [-0.3, -0.25) is 9.59 Å². The van der Waals surface area contributed by atoms with Gasteiger partial charge in [-0.15, -0.1) is 0 Å². The highest BCUT2D eigenvalue weighted by atomic mass is 16.6. The third kappa shape index (κ3) is 6.64. The van der Waals surface area contributed by atoms with Crippen molar-refractivity contribution in [1.82, 2.24) is 5.32 Å². The monoisotopic (exact) mass is 397 g/mol. The van der Waals surface area contributed by atoms with E-state index in [2.05, 4.69) is 10.6 Å². The number of hydrogen-bond donors (Lipinski definition) is 3. The fraction of sp³-hybridized carbons (Fsp3) is 0.318. The molecule has 7 heteroatoms. The normalized spacial score (nSPS) is 12.0. The molecule has 0 aliphatic carbocycles.